The highest BCUT2D eigenvalue weighted by atomic mass is 16.6. The van der Waals surface area contributed by atoms with Gasteiger partial charge in [0, 0.05) is 19.3 Å². The lowest BCUT2D eigenvalue weighted by Gasteiger charge is -2.18. The second-order valence-electron chi connectivity index (χ2n) is 23.1. The molecule has 0 aliphatic rings. The van der Waals surface area contributed by atoms with Crippen molar-refractivity contribution in [3.63, 3.8) is 0 Å². The molecule has 0 heterocycles. The van der Waals surface area contributed by atoms with E-state index < -0.39 is 6.10 Å². The maximum absolute atomic E-state index is 12.9. The Bertz CT molecular complexity index is 1090. The average Bonchev–Trinajstić information content (AvgIpc) is 3.39. The van der Waals surface area contributed by atoms with E-state index in [9.17, 15) is 14.4 Å². The maximum Gasteiger partial charge on any atom is 0.306 e. The summed E-state index contributed by atoms with van der Waals surface area (Å²) in [4.78, 5) is 38.3. The molecule has 0 saturated carbocycles. The van der Waals surface area contributed by atoms with Crippen LogP contribution in [0.5, 0.6) is 0 Å². The summed E-state index contributed by atoms with van der Waals surface area (Å²) in [6, 6.07) is 0. The molecular weight excluding hydrogens is 901 g/mol. The van der Waals surface area contributed by atoms with Crippen LogP contribution in [0.3, 0.4) is 0 Å². The van der Waals surface area contributed by atoms with E-state index in [1.807, 2.05) is 0 Å². The lowest BCUT2D eigenvalue weighted by molar-refractivity contribution is -0.167. The van der Waals surface area contributed by atoms with E-state index in [1.54, 1.807) is 0 Å². The van der Waals surface area contributed by atoms with Crippen LogP contribution < -0.4 is 0 Å². The molecule has 0 bridgehead atoms. The van der Waals surface area contributed by atoms with Crippen molar-refractivity contribution in [1.29, 1.82) is 0 Å². The van der Waals surface area contributed by atoms with Crippen LogP contribution in [0.25, 0.3) is 0 Å². The van der Waals surface area contributed by atoms with Crippen LogP contribution in [0, 0.1) is 0 Å². The van der Waals surface area contributed by atoms with Crippen LogP contribution in [0.1, 0.15) is 393 Å². The monoisotopic (exact) mass is 1030 g/mol. The quantitative estimate of drug-likeness (QED) is 0.0343. The van der Waals surface area contributed by atoms with Gasteiger partial charge in [-0.05, 0) is 19.3 Å². The number of unbranched alkanes of at least 4 members (excludes halogenated alkanes) is 52. The topological polar surface area (TPSA) is 78.9 Å². The zero-order chi connectivity index (χ0) is 52.9. The Morgan fingerprint density at radius 1 is 0.219 bits per heavy atom. The highest BCUT2D eigenvalue weighted by Gasteiger charge is 2.19. The Labute approximate surface area is 457 Å². The first-order valence-electron chi connectivity index (χ1n) is 33.5. The summed E-state index contributed by atoms with van der Waals surface area (Å²) >= 11 is 0. The van der Waals surface area contributed by atoms with Crippen LogP contribution in [0.2, 0.25) is 0 Å². The SMILES string of the molecule is CCCCCCCCCCCCCCCCCCCCCCCCCCCCC(=O)OCC(COC(=O)CCCCCCCCCCCCCCC)OC(=O)CCCCCCCCCCCCCCCCCC. The van der Waals surface area contributed by atoms with Crippen LogP contribution in [-0.4, -0.2) is 37.2 Å². The van der Waals surface area contributed by atoms with E-state index in [0.29, 0.717) is 19.3 Å². The van der Waals surface area contributed by atoms with E-state index in [0.717, 1.165) is 57.8 Å². The molecular formula is C67H130O6. The second-order valence-corrected chi connectivity index (χ2v) is 23.1. The van der Waals surface area contributed by atoms with Crippen molar-refractivity contribution in [3.8, 4) is 0 Å². The normalized spacial score (nSPS) is 11.9. The van der Waals surface area contributed by atoms with Gasteiger partial charge in [0.05, 0.1) is 0 Å². The van der Waals surface area contributed by atoms with Crippen LogP contribution >= 0.6 is 0 Å². The lowest BCUT2D eigenvalue weighted by Crippen LogP contribution is -2.30. The van der Waals surface area contributed by atoms with Crippen molar-refractivity contribution in [2.24, 2.45) is 0 Å². The van der Waals surface area contributed by atoms with Gasteiger partial charge in [0.15, 0.2) is 6.10 Å². The summed E-state index contributed by atoms with van der Waals surface area (Å²) in [5, 5.41) is 0. The van der Waals surface area contributed by atoms with E-state index in [2.05, 4.69) is 20.8 Å². The Hall–Kier alpha value is -1.59. The van der Waals surface area contributed by atoms with Crippen molar-refractivity contribution >= 4 is 17.9 Å². The molecule has 0 aromatic heterocycles. The van der Waals surface area contributed by atoms with Gasteiger partial charge < -0.3 is 14.2 Å². The molecule has 73 heavy (non-hydrogen) atoms. The third-order valence-electron chi connectivity index (χ3n) is 15.6. The minimum absolute atomic E-state index is 0.0605. The summed E-state index contributed by atoms with van der Waals surface area (Å²) in [6.07, 6.45) is 72.7. The van der Waals surface area contributed by atoms with Crippen molar-refractivity contribution in [2.45, 2.75) is 399 Å². The molecule has 0 spiro atoms. The average molecular weight is 1030 g/mol. The van der Waals surface area contributed by atoms with Gasteiger partial charge in [-0.1, -0.05) is 355 Å². The van der Waals surface area contributed by atoms with Crippen molar-refractivity contribution in [3.05, 3.63) is 0 Å². The summed E-state index contributed by atoms with van der Waals surface area (Å²) in [7, 11) is 0. The number of hydrogen-bond acceptors (Lipinski definition) is 6. The van der Waals surface area contributed by atoms with Gasteiger partial charge in [0.2, 0.25) is 0 Å². The first-order chi connectivity index (χ1) is 36.0. The van der Waals surface area contributed by atoms with E-state index in [4.69, 9.17) is 14.2 Å². The molecule has 1 atom stereocenters. The summed E-state index contributed by atoms with van der Waals surface area (Å²) in [6.45, 7) is 6.73. The molecule has 6 nitrogen and oxygen atoms in total. The smallest absolute Gasteiger partial charge is 0.306 e. The number of esters is 3. The Kier molecular flexibility index (Phi) is 61.6. The van der Waals surface area contributed by atoms with Gasteiger partial charge in [0.25, 0.3) is 0 Å². The largest absolute Gasteiger partial charge is 0.462 e. The zero-order valence-corrected chi connectivity index (χ0v) is 50.0. The number of carbonyl (C=O) groups excluding carboxylic acids is 3. The first kappa shape index (κ1) is 71.4. The molecule has 6 heteroatoms. The minimum atomic E-state index is -0.762. The molecule has 0 aromatic rings. The predicted molar refractivity (Wildman–Crippen MR) is 317 cm³/mol. The number of ether oxygens (including phenoxy) is 3. The third-order valence-corrected chi connectivity index (χ3v) is 15.6. The van der Waals surface area contributed by atoms with Gasteiger partial charge in [-0.15, -0.1) is 0 Å². The Morgan fingerprint density at radius 3 is 0.548 bits per heavy atom. The van der Waals surface area contributed by atoms with Crippen molar-refractivity contribution in [1.82, 2.24) is 0 Å². The molecule has 0 saturated heterocycles. The Balaban J connectivity index is 4.16. The third kappa shape index (κ3) is 61.1. The maximum atomic E-state index is 12.9. The molecule has 0 N–H and O–H groups in total. The highest BCUT2D eigenvalue weighted by Crippen LogP contribution is 2.19. The van der Waals surface area contributed by atoms with Crippen LogP contribution in [0.4, 0.5) is 0 Å². The minimum Gasteiger partial charge on any atom is -0.462 e. The summed E-state index contributed by atoms with van der Waals surface area (Å²) in [5.41, 5.74) is 0. The molecule has 0 aliphatic carbocycles. The number of rotatable bonds is 63. The fourth-order valence-corrected chi connectivity index (χ4v) is 10.6. The number of hydrogen-bond donors (Lipinski definition) is 0. The standard InChI is InChI=1S/C67H130O6/c1-4-7-10-13-16-19-22-25-27-29-30-31-32-33-34-35-36-37-38-40-42-45-48-51-54-57-60-66(69)72-63-64(62-71-65(68)59-56-53-50-47-44-41-24-21-18-15-12-9-6-3)73-67(70)61-58-55-52-49-46-43-39-28-26-23-20-17-14-11-8-5-2/h64H,4-63H2,1-3H3. The van der Waals surface area contributed by atoms with Gasteiger partial charge in [0.1, 0.15) is 13.2 Å². The van der Waals surface area contributed by atoms with Gasteiger partial charge in [-0.25, -0.2) is 0 Å². The summed E-state index contributed by atoms with van der Waals surface area (Å²) in [5.74, 6) is -0.824. The fourth-order valence-electron chi connectivity index (χ4n) is 10.6. The molecule has 0 rings (SSSR count). The highest BCUT2D eigenvalue weighted by molar-refractivity contribution is 5.71. The van der Waals surface area contributed by atoms with Crippen LogP contribution in [0.15, 0.2) is 0 Å². The van der Waals surface area contributed by atoms with Gasteiger partial charge in [-0.2, -0.15) is 0 Å². The lowest BCUT2D eigenvalue weighted by atomic mass is 10.0. The molecule has 0 aromatic carbocycles. The van der Waals surface area contributed by atoms with E-state index in [-0.39, 0.29) is 31.1 Å². The molecule has 0 fully saturated rings. The van der Waals surface area contributed by atoms with Gasteiger partial charge >= 0.3 is 17.9 Å². The molecule has 434 valence electrons. The zero-order valence-electron chi connectivity index (χ0n) is 50.0. The molecule has 0 amide bonds. The van der Waals surface area contributed by atoms with Crippen molar-refractivity contribution in [2.75, 3.05) is 13.2 Å². The molecule has 0 radical (unpaired) electrons. The second kappa shape index (κ2) is 62.9. The molecule has 1 unspecified atom stereocenters. The van der Waals surface area contributed by atoms with E-state index >= 15 is 0 Å². The fraction of sp³-hybridized carbons (Fsp3) is 0.955. The summed E-state index contributed by atoms with van der Waals surface area (Å²) < 4.78 is 17.0. The van der Waals surface area contributed by atoms with E-state index in [1.165, 1.54) is 295 Å². The Morgan fingerprint density at radius 2 is 0.370 bits per heavy atom. The van der Waals surface area contributed by atoms with Crippen molar-refractivity contribution < 1.29 is 28.6 Å². The first-order valence-corrected chi connectivity index (χ1v) is 33.5. The molecule has 0 aliphatic heterocycles. The number of carbonyl (C=O) groups is 3. The predicted octanol–water partition coefficient (Wildman–Crippen LogP) is 22.7. The van der Waals surface area contributed by atoms with Crippen LogP contribution in [-0.2, 0) is 28.6 Å². The van der Waals surface area contributed by atoms with Gasteiger partial charge in [-0.3, -0.25) is 14.4 Å².